The van der Waals surface area contributed by atoms with E-state index in [2.05, 4.69) is 25.8 Å². The van der Waals surface area contributed by atoms with Crippen LogP contribution in [0.4, 0.5) is 0 Å². The highest BCUT2D eigenvalue weighted by molar-refractivity contribution is 6.46. The van der Waals surface area contributed by atoms with Crippen LogP contribution in [0.1, 0.15) is 56.0 Å². The number of pyridine rings is 1. The third-order valence-corrected chi connectivity index (χ3v) is 6.41. The van der Waals surface area contributed by atoms with E-state index in [4.69, 9.17) is 9.47 Å². The lowest BCUT2D eigenvalue weighted by Gasteiger charge is -2.26. The number of rotatable bonds is 7. The quantitative estimate of drug-likeness (QED) is 0.265. The molecule has 1 amide bonds. The Morgan fingerprint density at radius 2 is 1.81 bits per heavy atom. The topological polar surface area (TPSA) is 89.0 Å². The minimum atomic E-state index is -0.791. The predicted octanol–water partition coefficient (Wildman–Crippen LogP) is 5.41. The van der Waals surface area contributed by atoms with Gasteiger partial charge < -0.3 is 19.5 Å². The Morgan fingerprint density at radius 1 is 1.08 bits per heavy atom. The van der Waals surface area contributed by atoms with Gasteiger partial charge in [-0.1, -0.05) is 39.0 Å². The molecule has 192 valence electrons. The summed E-state index contributed by atoms with van der Waals surface area (Å²) in [5, 5.41) is 11.5. The lowest BCUT2D eigenvalue weighted by atomic mass is 9.84. The summed E-state index contributed by atoms with van der Waals surface area (Å²) in [6, 6.07) is 15.4. The number of Topliss-reactive ketones (excluding diaryl/α,β-unsaturated/α-hetero) is 1. The van der Waals surface area contributed by atoms with Crippen molar-refractivity contribution in [2.24, 2.45) is 0 Å². The van der Waals surface area contributed by atoms with Crippen LogP contribution in [0.5, 0.6) is 11.5 Å². The molecule has 37 heavy (non-hydrogen) atoms. The number of benzene rings is 2. The van der Waals surface area contributed by atoms with Crippen molar-refractivity contribution in [1.82, 2.24) is 9.88 Å². The highest BCUT2D eigenvalue weighted by Crippen LogP contribution is 2.41. The number of nitrogens with zero attached hydrogens (tertiary/aromatic N) is 2. The number of aliphatic hydroxyl groups is 1. The first-order valence-electron chi connectivity index (χ1n) is 12.2. The average molecular weight is 501 g/mol. The maximum Gasteiger partial charge on any atom is 0.295 e. The van der Waals surface area contributed by atoms with E-state index in [-0.39, 0.29) is 23.3 Å². The summed E-state index contributed by atoms with van der Waals surface area (Å²) in [5.74, 6) is -0.215. The molecule has 1 saturated heterocycles. The van der Waals surface area contributed by atoms with Gasteiger partial charge in [0.1, 0.15) is 17.3 Å². The van der Waals surface area contributed by atoms with Gasteiger partial charge in [-0.3, -0.25) is 14.6 Å². The molecule has 1 aliphatic heterocycles. The Hall–Kier alpha value is -4.13. The van der Waals surface area contributed by atoms with Crippen LogP contribution in [-0.2, 0) is 21.5 Å². The highest BCUT2D eigenvalue weighted by atomic mass is 16.5. The number of carbonyl (C=O) groups excluding carboxylic acids is 2. The molecule has 1 unspecified atom stereocenters. The van der Waals surface area contributed by atoms with Crippen LogP contribution < -0.4 is 9.47 Å². The molecule has 0 spiro atoms. The first-order valence-corrected chi connectivity index (χ1v) is 12.2. The van der Waals surface area contributed by atoms with Gasteiger partial charge in [-0.2, -0.15) is 0 Å². The van der Waals surface area contributed by atoms with Crippen LogP contribution in [0.2, 0.25) is 0 Å². The zero-order valence-electron chi connectivity index (χ0n) is 21.8. The molecule has 1 N–H and O–H groups in total. The van der Waals surface area contributed by atoms with Gasteiger partial charge in [0, 0.05) is 30.1 Å². The minimum absolute atomic E-state index is 0.0375. The second-order valence-corrected chi connectivity index (χ2v) is 9.96. The van der Waals surface area contributed by atoms with Crippen molar-refractivity contribution in [1.29, 1.82) is 0 Å². The molecule has 0 radical (unpaired) electrons. The minimum Gasteiger partial charge on any atom is -0.507 e. The monoisotopic (exact) mass is 500 g/mol. The van der Waals surface area contributed by atoms with Crippen molar-refractivity contribution >= 4 is 17.4 Å². The molecule has 1 aromatic heterocycles. The Labute approximate surface area is 217 Å². The molecule has 2 heterocycles. The lowest BCUT2D eigenvalue weighted by molar-refractivity contribution is -0.140. The Bertz CT molecular complexity index is 1320. The van der Waals surface area contributed by atoms with Crippen molar-refractivity contribution in [2.45, 2.75) is 45.7 Å². The molecule has 1 atom stereocenters. The van der Waals surface area contributed by atoms with Gasteiger partial charge in [-0.15, -0.1) is 0 Å². The van der Waals surface area contributed by atoms with E-state index < -0.39 is 17.7 Å². The van der Waals surface area contributed by atoms with E-state index in [9.17, 15) is 14.7 Å². The first kappa shape index (κ1) is 25.9. The number of hydrogen-bond acceptors (Lipinski definition) is 6. The van der Waals surface area contributed by atoms with E-state index in [1.54, 1.807) is 55.9 Å². The number of aliphatic hydroxyl groups excluding tert-OH is 1. The smallest absolute Gasteiger partial charge is 0.295 e. The first-order chi connectivity index (χ1) is 17.7. The zero-order valence-corrected chi connectivity index (χ0v) is 21.8. The zero-order chi connectivity index (χ0) is 26.7. The Balaban J connectivity index is 1.84. The molecule has 1 aliphatic rings. The molecule has 0 saturated carbocycles. The van der Waals surface area contributed by atoms with Crippen LogP contribution >= 0.6 is 0 Å². The number of ether oxygens (including phenoxy) is 2. The summed E-state index contributed by atoms with van der Waals surface area (Å²) in [6.07, 6.45) is 3.24. The SMILES string of the molecule is CCOc1ccc(/C(O)=C2/C(=O)C(=O)N(Cc3ccc(OC)cc3)C2c2cccnc2)cc1C(C)(C)C. The highest BCUT2D eigenvalue weighted by Gasteiger charge is 2.46. The predicted molar refractivity (Wildman–Crippen MR) is 141 cm³/mol. The van der Waals surface area contributed by atoms with Gasteiger partial charge in [0.2, 0.25) is 0 Å². The summed E-state index contributed by atoms with van der Waals surface area (Å²) < 4.78 is 11.0. The molecule has 3 aromatic rings. The molecule has 0 bridgehead atoms. The molecule has 7 nitrogen and oxygen atoms in total. The lowest BCUT2D eigenvalue weighted by Crippen LogP contribution is -2.29. The molecule has 1 fully saturated rings. The summed E-state index contributed by atoms with van der Waals surface area (Å²) in [7, 11) is 1.59. The second-order valence-electron chi connectivity index (χ2n) is 9.96. The number of likely N-dealkylation sites (tertiary alicyclic amines) is 1. The van der Waals surface area contributed by atoms with Crippen LogP contribution in [0.3, 0.4) is 0 Å². The van der Waals surface area contributed by atoms with E-state index >= 15 is 0 Å². The van der Waals surface area contributed by atoms with E-state index in [0.29, 0.717) is 23.5 Å². The Morgan fingerprint density at radius 3 is 2.41 bits per heavy atom. The van der Waals surface area contributed by atoms with Crippen molar-refractivity contribution in [2.75, 3.05) is 13.7 Å². The van der Waals surface area contributed by atoms with E-state index in [1.165, 1.54) is 4.90 Å². The number of aromatic nitrogens is 1. The maximum absolute atomic E-state index is 13.4. The van der Waals surface area contributed by atoms with Crippen LogP contribution in [0, 0.1) is 0 Å². The third kappa shape index (κ3) is 5.21. The summed E-state index contributed by atoms with van der Waals surface area (Å²) in [4.78, 5) is 32.4. The van der Waals surface area contributed by atoms with Gasteiger partial charge in [-0.05, 0) is 59.9 Å². The van der Waals surface area contributed by atoms with E-state index in [1.807, 2.05) is 25.1 Å². The largest absolute Gasteiger partial charge is 0.507 e. The third-order valence-electron chi connectivity index (χ3n) is 6.41. The number of hydrogen-bond donors (Lipinski definition) is 1. The van der Waals surface area contributed by atoms with Crippen molar-refractivity contribution in [3.8, 4) is 11.5 Å². The van der Waals surface area contributed by atoms with Gasteiger partial charge in [0.05, 0.1) is 25.3 Å². The van der Waals surface area contributed by atoms with Crippen molar-refractivity contribution < 1.29 is 24.2 Å². The molecule has 4 rings (SSSR count). The van der Waals surface area contributed by atoms with Crippen LogP contribution in [0.15, 0.2) is 72.6 Å². The Kier molecular flexibility index (Phi) is 7.34. The standard InChI is InChI=1S/C30H32N2O5/c1-6-37-24-14-11-20(16-23(24)30(2,3)4)27(33)25-26(21-8-7-15-31-17-21)32(29(35)28(25)34)18-19-9-12-22(36-5)13-10-19/h7-17,26,33H,6,18H2,1-5H3/b27-25-. The van der Waals surface area contributed by atoms with Crippen molar-refractivity contribution in [3.05, 3.63) is 94.8 Å². The van der Waals surface area contributed by atoms with Gasteiger partial charge >= 0.3 is 0 Å². The number of methoxy groups -OCH3 is 1. The van der Waals surface area contributed by atoms with Gasteiger partial charge in [0.15, 0.2) is 0 Å². The molecule has 0 aliphatic carbocycles. The molecule has 2 aromatic carbocycles. The maximum atomic E-state index is 13.4. The molecular formula is C30H32N2O5. The van der Waals surface area contributed by atoms with Gasteiger partial charge in [-0.25, -0.2) is 0 Å². The number of carbonyl (C=O) groups is 2. The summed E-state index contributed by atoms with van der Waals surface area (Å²) >= 11 is 0. The average Bonchev–Trinajstić information content (AvgIpc) is 3.14. The van der Waals surface area contributed by atoms with Crippen molar-refractivity contribution in [3.63, 3.8) is 0 Å². The fourth-order valence-corrected chi connectivity index (χ4v) is 4.56. The number of ketones is 1. The second kappa shape index (κ2) is 10.5. The van der Waals surface area contributed by atoms with E-state index in [0.717, 1.165) is 16.9 Å². The summed E-state index contributed by atoms with van der Waals surface area (Å²) in [5.41, 5.74) is 2.57. The van der Waals surface area contributed by atoms with Crippen LogP contribution in [0.25, 0.3) is 5.76 Å². The fourth-order valence-electron chi connectivity index (χ4n) is 4.56. The normalized spacial score (nSPS) is 17.2. The summed E-state index contributed by atoms with van der Waals surface area (Å²) in [6.45, 7) is 8.76. The number of amides is 1. The fraction of sp³-hybridized carbons (Fsp3) is 0.300. The van der Waals surface area contributed by atoms with Gasteiger partial charge in [0.25, 0.3) is 11.7 Å². The molecule has 7 heteroatoms. The van der Waals surface area contributed by atoms with Crippen LogP contribution in [-0.4, -0.2) is 40.4 Å². The molecular weight excluding hydrogens is 468 g/mol.